The van der Waals surface area contributed by atoms with Gasteiger partial charge in [0.1, 0.15) is 11.5 Å². The largest absolute Gasteiger partial charge is 0.448 e. The number of aliphatic hydroxyl groups is 1. The van der Waals surface area contributed by atoms with Crippen LogP contribution >= 0.6 is 0 Å². The molecule has 1 aliphatic carbocycles. The third-order valence-corrected chi connectivity index (χ3v) is 3.97. The van der Waals surface area contributed by atoms with E-state index in [1.54, 1.807) is 0 Å². The molecule has 0 spiro atoms. The Labute approximate surface area is 119 Å². The van der Waals surface area contributed by atoms with Crippen molar-refractivity contribution in [1.82, 2.24) is 15.6 Å². The van der Waals surface area contributed by atoms with Gasteiger partial charge in [0.15, 0.2) is 6.39 Å². The number of carbonyl (C=O) groups is 1. The normalized spacial score (nSPS) is 23.1. The number of hydrogen-bond acceptors (Lipinski definition) is 4. The van der Waals surface area contributed by atoms with Crippen LogP contribution in [0.25, 0.3) is 0 Å². The molecule has 1 aromatic rings. The summed E-state index contributed by atoms with van der Waals surface area (Å²) in [5.41, 5.74) is 0.736. The number of aromatic nitrogens is 1. The Morgan fingerprint density at radius 1 is 1.45 bits per heavy atom. The van der Waals surface area contributed by atoms with Crippen molar-refractivity contribution >= 4 is 6.03 Å². The molecule has 0 saturated heterocycles. The maximum Gasteiger partial charge on any atom is 0.315 e. The second kappa shape index (κ2) is 7.28. The number of nitrogens with one attached hydrogen (secondary N) is 2. The Morgan fingerprint density at radius 2 is 2.25 bits per heavy atom. The average Bonchev–Trinajstić information content (AvgIpc) is 2.71. The molecule has 1 aliphatic rings. The lowest BCUT2D eigenvalue weighted by Crippen LogP contribution is -2.46. The van der Waals surface area contributed by atoms with Crippen molar-refractivity contribution in [3.05, 3.63) is 17.8 Å². The van der Waals surface area contributed by atoms with Gasteiger partial charge in [0.2, 0.25) is 0 Å². The summed E-state index contributed by atoms with van der Waals surface area (Å²) < 4.78 is 5.08. The van der Waals surface area contributed by atoms with Crippen LogP contribution in [0.15, 0.2) is 10.8 Å². The zero-order chi connectivity index (χ0) is 14.4. The van der Waals surface area contributed by atoms with Crippen molar-refractivity contribution in [2.24, 2.45) is 5.92 Å². The number of amides is 2. The molecule has 6 heteroatoms. The van der Waals surface area contributed by atoms with Crippen LogP contribution in [0, 0.1) is 12.8 Å². The molecule has 112 valence electrons. The highest BCUT2D eigenvalue weighted by molar-refractivity contribution is 5.74. The van der Waals surface area contributed by atoms with E-state index in [0.717, 1.165) is 31.4 Å². The molecule has 0 aromatic carbocycles. The smallest absolute Gasteiger partial charge is 0.315 e. The first-order valence-electron chi connectivity index (χ1n) is 7.25. The molecule has 1 heterocycles. The predicted molar refractivity (Wildman–Crippen MR) is 74.1 cm³/mol. The molecule has 2 rings (SSSR count). The molecule has 20 heavy (non-hydrogen) atoms. The van der Waals surface area contributed by atoms with Crippen LogP contribution in [0.3, 0.4) is 0 Å². The third-order valence-electron chi connectivity index (χ3n) is 3.97. The number of oxazole rings is 1. The summed E-state index contributed by atoms with van der Waals surface area (Å²) in [4.78, 5) is 16.0. The monoisotopic (exact) mass is 281 g/mol. The minimum Gasteiger partial charge on any atom is -0.448 e. The first kappa shape index (κ1) is 14.8. The molecular weight excluding hydrogens is 258 g/mol. The van der Waals surface area contributed by atoms with Gasteiger partial charge in [-0.2, -0.15) is 0 Å². The van der Waals surface area contributed by atoms with Gasteiger partial charge in [-0.15, -0.1) is 0 Å². The van der Waals surface area contributed by atoms with Gasteiger partial charge < -0.3 is 20.2 Å². The third kappa shape index (κ3) is 3.96. The Hall–Kier alpha value is -1.56. The van der Waals surface area contributed by atoms with Gasteiger partial charge in [-0.05, 0) is 19.8 Å². The van der Waals surface area contributed by atoms with Crippen molar-refractivity contribution in [2.75, 3.05) is 6.61 Å². The Kier molecular flexibility index (Phi) is 5.40. The fourth-order valence-corrected chi connectivity index (χ4v) is 2.67. The van der Waals surface area contributed by atoms with Gasteiger partial charge in [0.05, 0.1) is 6.54 Å². The van der Waals surface area contributed by atoms with Crippen LogP contribution in [0.1, 0.15) is 43.6 Å². The van der Waals surface area contributed by atoms with Crippen molar-refractivity contribution in [1.29, 1.82) is 0 Å². The number of nitrogens with zero attached hydrogens (tertiary/aromatic N) is 1. The van der Waals surface area contributed by atoms with Gasteiger partial charge in [-0.25, -0.2) is 9.78 Å². The Bertz CT molecular complexity index is 433. The van der Waals surface area contributed by atoms with Crippen molar-refractivity contribution in [3.8, 4) is 0 Å². The molecule has 2 atom stereocenters. The summed E-state index contributed by atoms with van der Waals surface area (Å²) in [5, 5.41) is 15.2. The first-order chi connectivity index (χ1) is 9.70. The topological polar surface area (TPSA) is 87.4 Å². The molecule has 2 unspecified atom stereocenters. The van der Waals surface area contributed by atoms with Crippen molar-refractivity contribution in [2.45, 2.75) is 51.6 Å². The molecule has 0 aliphatic heterocycles. The summed E-state index contributed by atoms with van der Waals surface area (Å²) in [6.07, 6.45) is 6.68. The molecule has 6 nitrogen and oxygen atoms in total. The van der Waals surface area contributed by atoms with E-state index in [9.17, 15) is 9.90 Å². The second-order valence-electron chi connectivity index (χ2n) is 5.37. The molecule has 0 radical (unpaired) electrons. The molecule has 1 saturated carbocycles. The van der Waals surface area contributed by atoms with E-state index in [1.807, 2.05) is 6.92 Å². The number of urea groups is 1. The SMILES string of the molecule is Cc1ocnc1CNC(=O)NC1CCCCCC1CO. The van der Waals surface area contributed by atoms with Gasteiger partial charge in [-0.1, -0.05) is 19.3 Å². The number of carbonyl (C=O) groups excluding carboxylic acids is 1. The van der Waals surface area contributed by atoms with E-state index >= 15 is 0 Å². The number of hydrogen-bond donors (Lipinski definition) is 3. The lowest BCUT2D eigenvalue weighted by molar-refractivity contribution is 0.179. The van der Waals surface area contributed by atoms with E-state index in [0.29, 0.717) is 12.3 Å². The standard InChI is InChI=1S/C14H23N3O3/c1-10-13(16-9-20-10)7-15-14(19)17-12-6-4-2-3-5-11(12)8-18/h9,11-12,18H,2-8H2,1H3,(H2,15,17,19). The summed E-state index contributed by atoms with van der Waals surface area (Å²) in [7, 11) is 0. The molecule has 0 bridgehead atoms. The van der Waals surface area contributed by atoms with Crippen LogP contribution in [0.2, 0.25) is 0 Å². The lowest BCUT2D eigenvalue weighted by Gasteiger charge is -2.24. The minimum absolute atomic E-state index is 0.0564. The zero-order valence-corrected chi connectivity index (χ0v) is 11.9. The van der Waals surface area contributed by atoms with Crippen LogP contribution < -0.4 is 10.6 Å². The van der Waals surface area contributed by atoms with Gasteiger partial charge in [0, 0.05) is 18.6 Å². The molecule has 1 aromatic heterocycles. The predicted octanol–water partition coefficient (Wildman–Crippen LogP) is 1.72. The first-order valence-corrected chi connectivity index (χ1v) is 7.25. The fraction of sp³-hybridized carbons (Fsp3) is 0.714. The van der Waals surface area contributed by atoms with Gasteiger partial charge in [-0.3, -0.25) is 0 Å². The summed E-state index contributed by atoms with van der Waals surface area (Å²) >= 11 is 0. The minimum atomic E-state index is -0.210. The summed E-state index contributed by atoms with van der Waals surface area (Å²) in [5.74, 6) is 0.880. The molecule has 1 fully saturated rings. The molecular formula is C14H23N3O3. The van der Waals surface area contributed by atoms with Crippen LogP contribution in [0.4, 0.5) is 4.79 Å². The van der Waals surface area contributed by atoms with E-state index in [-0.39, 0.29) is 24.6 Å². The summed E-state index contributed by atoms with van der Waals surface area (Å²) in [6.45, 7) is 2.30. The maximum atomic E-state index is 11.9. The quantitative estimate of drug-likeness (QED) is 0.733. The highest BCUT2D eigenvalue weighted by Gasteiger charge is 2.24. The Morgan fingerprint density at radius 3 is 2.95 bits per heavy atom. The fourth-order valence-electron chi connectivity index (χ4n) is 2.67. The number of rotatable bonds is 4. The van der Waals surface area contributed by atoms with Crippen LogP contribution in [0.5, 0.6) is 0 Å². The molecule has 3 N–H and O–H groups in total. The van der Waals surface area contributed by atoms with Gasteiger partial charge >= 0.3 is 6.03 Å². The second-order valence-corrected chi connectivity index (χ2v) is 5.37. The molecule has 2 amide bonds. The summed E-state index contributed by atoms with van der Waals surface area (Å²) in [6, 6.07) is -0.154. The van der Waals surface area contributed by atoms with Crippen LogP contribution in [-0.4, -0.2) is 28.8 Å². The van der Waals surface area contributed by atoms with E-state index in [4.69, 9.17) is 4.42 Å². The highest BCUT2D eigenvalue weighted by atomic mass is 16.3. The van der Waals surface area contributed by atoms with Crippen molar-refractivity contribution < 1.29 is 14.3 Å². The van der Waals surface area contributed by atoms with Gasteiger partial charge in [0.25, 0.3) is 0 Å². The zero-order valence-electron chi connectivity index (χ0n) is 11.9. The lowest BCUT2D eigenvalue weighted by atomic mass is 9.96. The van der Waals surface area contributed by atoms with E-state index in [1.165, 1.54) is 12.8 Å². The maximum absolute atomic E-state index is 11.9. The van der Waals surface area contributed by atoms with E-state index < -0.39 is 0 Å². The van der Waals surface area contributed by atoms with E-state index in [2.05, 4.69) is 15.6 Å². The Balaban J connectivity index is 1.82. The van der Waals surface area contributed by atoms with Crippen molar-refractivity contribution in [3.63, 3.8) is 0 Å². The number of aryl methyl sites for hydroxylation is 1. The average molecular weight is 281 g/mol. The highest BCUT2D eigenvalue weighted by Crippen LogP contribution is 2.23. The number of aliphatic hydroxyl groups excluding tert-OH is 1. The van der Waals surface area contributed by atoms with Crippen LogP contribution in [-0.2, 0) is 6.54 Å².